The second kappa shape index (κ2) is 6.86. The van der Waals surface area contributed by atoms with Crippen LogP contribution in [0.2, 0.25) is 0 Å². The van der Waals surface area contributed by atoms with E-state index in [-0.39, 0.29) is 17.9 Å². The average Bonchev–Trinajstić information content (AvgIpc) is 2.70. The highest BCUT2D eigenvalue weighted by Gasteiger charge is 2.25. The lowest BCUT2D eigenvalue weighted by atomic mass is 10.0. The predicted octanol–water partition coefficient (Wildman–Crippen LogP) is 2.38. The fraction of sp³-hybridized carbons (Fsp3) is 0.562. The predicted molar refractivity (Wildman–Crippen MR) is 78.4 cm³/mol. The third-order valence-electron chi connectivity index (χ3n) is 3.79. The summed E-state index contributed by atoms with van der Waals surface area (Å²) in [7, 11) is 1.62. The minimum atomic E-state index is -0.118. The Bertz CT molecular complexity index is 444. The molecule has 1 fully saturated rings. The van der Waals surface area contributed by atoms with Crippen LogP contribution in [0.5, 0.6) is 5.75 Å². The van der Waals surface area contributed by atoms with Crippen molar-refractivity contribution in [2.45, 2.75) is 32.4 Å². The second-order valence-electron chi connectivity index (χ2n) is 5.30. The fourth-order valence-corrected chi connectivity index (χ4v) is 2.54. The molecule has 2 rings (SSSR count). The molecule has 20 heavy (non-hydrogen) atoms. The van der Waals surface area contributed by atoms with Crippen LogP contribution in [-0.2, 0) is 4.74 Å². The highest BCUT2D eigenvalue weighted by molar-refractivity contribution is 5.99. The van der Waals surface area contributed by atoms with Gasteiger partial charge in [0.1, 0.15) is 5.75 Å². The van der Waals surface area contributed by atoms with Crippen LogP contribution in [0.4, 0.5) is 0 Å². The molecule has 1 saturated heterocycles. The average molecular weight is 277 g/mol. The Morgan fingerprint density at radius 1 is 1.40 bits per heavy atom. The van der Waals surface area contributed by atoms with Crippen molar-refractivity contribution in [2.75, 3.05) is 26.8 Å². The molecule has 4 heteroatoms. The zero-order chi connectivity index (χ0) is 14.5. The summed E-state index contributed by atoms with van der Waals surface area (Å²) in [4.78, 5) is 14.8. The van der Waals surface area contributed by atoms with E-state index in [4.69, 9.17) is 9.47 Å². The molecule has 0 amide bonds. The lowest BCUT2D eigenvalue weighted by molar-refractivity contribution is 0.0581. The third-order valence-corrected chi connectivity index (χ3v) is 3.79. The maximum Gasteiger partial charge on any atom is 0.179 e. The van der Waals surface area contributed by atoms with Gasteiger partial charge in [-0.25, -0.2) is 0 Å². The highest BCUT2D eigenvalue weighted by atomic mass is 16.5. The van der Waals surface area contributed by atoms with Crippen LogP contribution >= 0.6 is 0 Å². The topological polar surface area (TPSA) is 38.8 Å². The number of methoxy groups -OCH3 is 1. The van der Waals surface area contributed by atoms with Crippen LogP contribution in [-0.4, -0.2) is 49.6 Å². The number of ether oxygens (including phenoxy) is 2. The van der Waals surface area contributed by atoms with Gasteiger partial charge in [0.25, 0.3) is 0 Å². The van der Waals surface area contributed by atoms with Crippen LogP contribution < -0.4 is 4.74 Å². The summed E-state index contributed by atoms with van der Waals surface area (Å²) in [6.07, 6.45) is 1.16. The van der Waals surface area contributed by atoms with E-state index in [0.29, 0.717) is 0 Å². The van der Waals surface area contributed by atoms with Crippen molar-refractivity contribution in [1.29, 1.82) is 0 Å². The molecule has 0 spiro atoms. The fourth-order valence-electron chi connectivity index (χ4n) is 2.54. The molecule has 2 unspecified atom stereocenters. The molecular formula is C16H23NO3. The zero-order valence-electron chi connectivity index (χ0n) is 12.5. The Labute approximate surface area is 120 Å². The van der Waals surface area contributed by atoms with Gasteiger partial charge in [-0.05, 0) is 44.5 Å². The summed E-state index contributed by atoms with van der Waals surface area (Å²) in [5.41, 5.74) is 0.733. The van der Waals surface area contributed by atoms with Crippen molar-refractivity contribution < 1.29 is 14.3 Å². The van der Waals surface area contributed by atoms with Gasteiger partial charge in [-0.1, -0.05) is 0 Å². The van der Waals surface area contributed by atoms with Gasteiger partial charge in [0, 0.05) is 25.3 Å². The Morgan fingerprint density at radius 2 is 2.10 bits per heavy atom. The van der Waals surface area contributed by atoms with Gasteiger partial charge < -0.3 is 9.47 Å². The maximum absolute atomic E-state index is 12.5. The summed E-state index contributed by atoms with van der Waals surface area (Å²) in [5, 5.41) is 0. The van der Waals surface area contributed by atoms with Crippen LogP contribution in [0.25, 0.3) is 0 Å². The van der Waals surface area contributed by atoms with Crippen molar-refractivity contribution in [1.82, 2.24) is 4.90 Å². The van der Waals surface area contributed by atoms with Gasteiger partial charge in [0.2, 0.25) is 0 Å². The summed E-state index contributed by atoms with van der Waals surface area (Å²) in [6, 6.07) is 7.19. The Balaban J connectivity index is 2.06. The number of nitrogens with zero attached hydrogens (tertiary/aromatic N) is 1. The first kappa shape index (κ1) is 15.0. The minimum Gasteiger partial charge on any atom is -0.497 e. The van der Waals surface area contributed by atoms with E-state index in [0.717, 1.165) is 37.4 Å². The molecule has 0 bridgehead atoms. The molecule has 1 aliphatic heterocycles. The molecule has 110 valence electrons. The van der Waals surface area contributed by atoms with Crippen LogP contribution in [0.1, 0.15) is 30.6 Å². The quantitative estimate of drug-likeness (QED) is 0.792. The number of ketones is 1. The minimum absolute atomic E-state index is 0.118. The Hall–Kier alpha value is -1.39. The summed E-state index contributed by atoms with van der Waals surface area (Å²) in [5.74, 6) is 0.924. The van der Waals surface area contributed by atoms with Crippen molar-refractivity contribution in [3.63, 3.8) is 0 Å². The molecule has 0 radical (unpaired) electrons. The first-order valence-electron chi connectivity index (χ1n) is 7.15. The molecule has 0 saturated carbocycles. The second-order valence-corrected chi connectivity index (χ2v) is 5.30. The van der Waals surface area contributed by atoms with Crippen molar-refractivity contribution in [3.05, 3.63) is 29.8 Å². The molecule has 0 aliphatic carbocycles. The van der Waals surface area contributed by atoms with E-state index in [2.05, 4.69) is 11.8 Å². The number of hydrogen-bond donors (Lipinski definition) is 0. The number of rotatable bonds is 4. The van der Waals surface area contributed by atoms with Crippen LogP contribution in [0.3, 0.4) is 0 Å². The van der Waals surface area contributed by atoms with Crippen LogP contribution in [0, 0.1) is 0 Å². The molecular weight excluding hydrogens is 254 g/mol. The normalized spacial score (nSPS) is 22.1. The number of benzene rings is 1. The Morgan fingerprint density at radius 3 is 2.75 bits per heavy atom. The molecule has 0 N–H and O–H groups in total. The van der Waals surface area contributed by atoms with E-state index in [1.807, 2.05) is 31.2 Å². The van der Waals surface area contributed by atoms with Crippen LogP contribution in [0.15, 0.2) is 24.3 Å². The number of Topliss-reactive ketones (excluding diaryl/α,β-unsaturated/α-hetero) is 1. The maximum atomic E-state index is 12.5. The van der Waals surface area contributed by atoms with Gasteiger partial charge in [-0.3, -0.25) is 9.69 Å². The summed E-state index contributed by atoms with van der Waals surface area (Å²) < 4.78 is 10.7. The van der Waals surface area contributed by atoms with E-state index >= 15 is 0 Å². The van der Waals surface area contributed by atoms with Gasteiger partial charge in [-0.15, -0.1) is 0 Å². The van der Waals surface area contributed by atoms with Gasteiger partial charge in [0.15, 0.2) is 5.78 Å². The largest absolute Gasteiger partial charge is 0.497 e. The Kier molecular flexibility index (Phi) is 5.15. The number of hydrogen-bond acceptors (Lipinski definition) is 4. The van der Waals surface area contributed by atoms with Crippen molar-refractivity contribution in [3.8, 4) is 5.75 Å². The molecule has 1 aromatic rings. The molecule has 1 aromatic carbocycles. The molecule has 4 nitrogen and oxygen atoms in total. The lowest BCUT2D eigenvalue weighted by Crippen LogP contribution is -2.42. The monoisotopic (exact) mass is 277 g/mol. The van der Waals surface area contributed by atoms with Crippen molar-refractivity contribution >= 4 is 5.78 Å². The lowest BCUT2D eigenvalue weighted by Gasteiger charge is -2.27. The van der Waals surface area contributed by atoms with Crippen molar-refractivity contribution in [2.24, 2.45) is 0 Å². The summed E-state index contributed by atoms with van der Waals surface area (Å²) >= 11 is 0. The summed E-state index contributed by atoms with van der Waals surface area (Å²) in [6.45, 7) is 6.53. The number of carbonyl (C=O) groups excluding carboxylic acids is 1. The highest BCUT2D eigenvalue weighted by Crippen LogP contribution is 2.16. The van der Waals surface area contributed by atoms with E-state index in [1.54, 1.807) is 7.11 Å². The van der Waals surface area contributed by atoms with Gasteiger partial charge in [0.05, 0.1) is 19.3 Å². The standard InChI is InChI=1S/C16H23NO3/c1-12-11-17(9-4-10-20-12)13(2)16(18)14-5-7-15(19-3)8-6-14/h5-8,12-13H,4,9-11H2,1-3H3. The van der Waals surface area contributed by atoms with E-state index < -0.39 is 0 Å². The van der Waals surface area contributed by atoms with E-state index in [1.165, 1.54) is 0 Å². The SMILES string of the molecule is COc1ccc(C(=O)C(C)N2CCCOC(C)C2)cc1. The van der Waals surface area contributed by atoms with Gasteiger partial charge >= 0.3 is 0 Å². The first-order chi connectivity index (χ1) is 9.61. The third kappa shape index (κ3) is 3.58. The molecule has 0 aromatic heterocycles. The molecule has 1 heterocycles. The smallest absolute Gasteiger partial charge is 0.179 e. The van der Waals surface area contributed by atoms with E-state index in [9.17, 15) is 4.79 Å². The van der Waals surface area contributed by atoms with Gasteiger partial charge in [-0.2, -0.15) is 0 Å². The first-order valence-corrected chi connectivity index (χ1v) is 7.15. The number of carbonyl (C=O) groups is 1. The molecule has 1 aliphatic rings. The molecule has 2 atom stereocenters. The zero-order valence-corrected chi connectivity index (χ0v) is 12.5.